The lowest BCUT2D eigenvalue weighted by atomic mass is 10.2. The minimum Gasteiger partial charge on any atom is -0.481 e. The third-order valence-electron chi connectivity index (χ3n) is 2.39. The van der Waals surface area contributed by atoms with Gasteiger partial charge in [0.15, 0.2) is 0 Å². The molecule has 0 aliphatic carbocycles. The normalized spacial score (nSPS) is 10.3. The number of nitrogens with one attached hydrogen (secondary N) is 1. The third kappa shape index (κ3) is 3.19. The van der Waals surface area contributed by atoms with Crippen molar-refractivity contribution in [1.82, 2.24) is 9.78 Å². The summed E-state index contributed by atoms with van der Waals surface area (Å²) in [5.74, 6) is -0.703. The number of anilines is 1. The Hall–Kier alpha value is -2.12. The van der Waals surface area contributed by atoms with Crippen molar-refractivity contribution in [1.29, 1.82) is 0 Å². The van der Waals surface area contributed by atoms with Crippen molar-refractivity contribution in [3.8, 4) is 0 Å². The van der Waals surface area contributed by atoms with Crippen molar-refractivity contribution in [3.05, 3.63) is 15.8 Å². The highest BCUT2D eigenvalue weighted by molar-refractivity contribution is 5.68. The molecule has 2 N–H and O–H groups in total. The van der Waals surface area contributed by atoms with Crippen molar-refractivity contribution in [3.63, 3.8) is 0 Å². The van der Waals surface area contributed by atoms with Gasteiger partial charge >= 0.3 is 11.7 Å². The maximum absolute atomic E-state index is 11.0. The topological polar surface area (TPSA) is 110 Å². The molecular formula is C10H16N4O4. The lowest BCUT2D eigenvalue weighted by Gasteiger charge is -2.03. The van der Waals surface area contributed by atoms with Gasteiger partial charge in [0.2, 0.25) is 5.82 Å². The molecule has 100 valence electrons. The third-order valence-corrected chi connectivity index (χ3v) is 2.39. The zero-order valence-electron chi connectivity index (χ0n) is 10.3. The first-order chi connectivity index (χ1) is 8.47. The van der Waals surface area contributed by atoms with Crippen LogP contribution in [0.5, 0.6) is 0 Å². The molecular weight excluding hydrogens is 240 g/mol. The van der Waals surface area contributed by atoms with E-state index in [0.29, 0.717) is 12.1 Å². The molecule has 8 heteroatoms. The van der Waals surface area contributed by atoms with E-state index in [4.69, 9.17) is 5.11 Å². The van der Waals surface area contributed by atoms with Gasteiger partial charge in [-0.15, -0.1) is 0 Å². The highest BCUT2D eigenvalue weighted by atomic mass is 16.6. The van der Waals surface area contributed by atoms with Crippen LogP contribution in [-0.2, 0) is 18.3 Å². The Morgan fingerprint density at radius 2 is 2.28 bits per heavy atom. The molecule has 0 aromatic carbocycles. The number of aryl methyl sites for hydroxylation is 2. The van der Waals surface area contributed by atoms with Crippen molar-refractivity contribution >= 4 is 17.5 Å². The summed E-state index contributed by atoms with van der Waals surface area (Å²) in [6.07, 6.45) is 1.17. The Balaban J connectivity index is 2.94. The number of rotatable bonds is 7. The van der Waals surface area contributed by atoms with E-state index in [1.807, 2.05) is 6.92 Å². The lowest BCUT2D eigenvalue weighted by Crippen LogP contribution is -2.11. The van der Waals surface area contributed by atoms with Gasteiger partial charge in [0.1, 0.15) is 5.69 Å². The smallest absolute Gasteiger partial charge is 0.333 e. The number of nitrogens with zero attached hydrogens (tertiary/aromatic N) is 3. The first-order valence-corrected chi connectivity index (χ1v) is 5.63. The predicted molar refractivity (Wildman–Crippen MR) is 64.6 cm³/mol. The van der Waals surface area contributed by atoms with Crippen molar-refractivity contribution in [2.75, 3.05) is 11.9 Å². The van der Waals surface area contributed by atoms with Gasteiger partial charge < -0.3 is 10.4 Å². The highest BCUT2D eigenvalue weighted by Gasteiger charge is 2.25. The van der Waals surface area contributed by atoms with E-state index in [0.717, 1.165) is 6.42 Å². The van der Waals surface area contributed by atoms with E-state index >= 15 is 0 Å². The summed E-state index contributed by atoms with van der Waals surface area (Å²) in [5, 5.41) is 26.4. The summed E-state index contributed by atoms with van der Waals surface area (Å²) < 4.78 is 1.38. The molecule has 0 aliphatic heterocycles. The van der Waals surface area contributed by atoms with Crippen molar-refractivity contribution in [2.45, 2.75) is 26.2 Å². The molecule has 0 amide bonds. The second-order valence-corrected chi connectivity index (χ2v) is 3.85. The first kappa shape index (κ1) is 13.9. The summed E-state index contributed by atoms with van der Waals surface area (Å²) in [6.45, 7) is 2.04. The molecule has 0 aliphatic rings. The molecule has 1 rings (SSSR count). The van der Waals surface area contributed by atoms with Crippen LogP contribution in [0.4, 0.5) is 11.5 Å². The molecule has 0 unspecified atom stereocenters. The van der Waals surface area contributed by atoms with Gasteiger partial charge in [-0.1, -0.05) is 13.3 Å². The number of aromatic nitrogens is 2. The molecule has 18 heavy (non-hydrogen) atoms. The molecule has 8 nitrogen and oxygen atoms in total. The molecule has 1 aromatic heterocycles. The van der Waals surface area contributed by atoms with Crippen LogP contribution in [0.15, 0.2) is 0 Å². The second kappa shape index (κ2) is 5.99. The lowest BCUT2D eigenvalue weighted by molar-refractivity contribution is -0.384. The van der Waals surface area contributed by atoms with Crippen molar-refractivity contribution in [2.24, 2.45) is 7.05 Å². The fraction of sp³-hybridized carbons (Fsp3) is 0.600. The molecule has 0 saturated carbocycles. The zero-order chi connectivity index (χ0) is 13.7. The number of carboxylic acids is 1. The summed E-state index contributed by atoms with van der Waals surface area (Å²) >= 11 is 0. The number of hydrogen-bond donors (Lipinski definition) is 2. The summed E-state index contributed by atoms with van der Waals surface area (Å²) in [4.78, 5) is 20.9. The standard InChI is InChI=1S/C10H16N4O4/c1-3-4-7-9(14(17)18)10(13(2)12-7)11-6-5-8(15)16/h11H,3-6H2,1-2H3,(H,15,16). The van der Waals surface area contributed by atoms with E-state index in [1.165, 1.54) is 4.68 Å². The van der Waals surface area contributed by atoms with Gasteiger partial charge in [0.25, 0.3) is 0 Å². The van der Waals surface area contributed by atoms with E-state index in [-0.39, 0.29) is 24.5 Å². The summed E-state index contributed by atoms with van der Waals surface area (Å²) in [7, 11) is 1.59. The number of aliphatic carboxylic acids is 1. The number of carbonyl (C=O) groups is 1. The Kier molecular flexibility index (Phi) is 4.64. The molecule has 0 bridgehead atoms. The van der Waals surface area contributed by atoms with Crippen LogP contribution in [-0.4, -0.2) is 32.3 Å². The average Bonchev–Trinajstić information content (AvgIpc) is 2.55. The van der Waals surface area contributed by atoms with Gasteiger partial charge in [-0.25, -0.2) is 4.68 Å². The Bertz CT molecular complexity index is 455. The van der Waals surface area contributed by atoms with Crippen LogP contribution in [0.25, 0.3) is 0 Å². The van der Waals surface area contributed by atoms with Crippen LogP contribution in [0.1, 0.15) is 25.5 Å². The number of carboxylic acid groups (broad SMARTS) is 1. The minimum absolute atomic E-state index is 0.0651. The fourth-order valence-electron chi connectivity index (χ4n) is 1.65. The van der Waals surface area contributed by atoms with Gasteiger partial charge in [0, 0.05) is 13.6 Å². The van der Waals surface area contributed by atoms with Gasteiger partial charge in [0.05, 0.1) is 11.3 Å². The van der Waals surface area contributed by atoms with Crippen LogP contribution in [0.2, 0.25) is 0 Å². The predicted octanol–water partition coefficient (Wildman–Crippen LogP) is 1.17. The Morgan fingerprint density at radius 1 is 1.61 bits per heavy atom. The quantitative estimate of drug-likeness (QED) is 0.559. The van der Waals surface area contributed by atoms with Gasteiger partial charge in [-0.2, -0.15) is 5.10 Å². The van der Waals surface area contributed by atoms with Crippen LogP contribution < -0.4 is 5.32 Å². The Morgan fingerprint density at radius 3 is 2.78 bits per heavy atom. The average molecular weight is 256 g/mol. The molecule has 0 saturated heterocycles. The fourth-order valence-corrected chi connectivity index (χ4v) is 1.65. The zero-order valence-corrected chi connectivity index (χ0v) is 10.3. The van der Waals surface area contributed by atoms with E-state index in [1.54, 1.807) is 7.05 Å². The SMILES string of the molecule is CCCc1nn(C)c(NCCC(=O)O)c1[N+](=O)[O-]. The van der Waals surface area contributed by atoms with Gasteiger partial charge in [-0.3, -0.25) is 14.9 Å². The van der Waals surface area contributed by atoms with Crippen molar-refractivity contribution < 1.29 is 14.8 Å². The van der Waals surface area contributed by atoms with Crippen LogP contribution in [0.3, 0.4) is 0 Å². The van der Waals surface area contributed by atoms with E-state index in [2.05, 4.69) is 10.4 Å². The molecule has 1 heterocycles. The van der Waals surface area contributed by atoms with E-state index < -0.39 is 10.9 Å². The molecule has 0 fully saturated rings. The summed E-state index contributed by atoms with van der Waals surface area (Å²) in [5.41, 5.74) is 0.354. The minimum atomic E-state index is -0.957. The largest absolute Gasteiger partial charge is 0.481 e. The first-order valence-electron chi connectivity index (χ1n) is 5.63. The molecule has 0 spiro atoms. The highest BCUT2D eigenvalue weighted by Crippen LogP contribution is 2.28. The molecule has 1 aromatic rings. The van der Waals surface area contributed by atoms with Crippen LogP contribution >= 0.6 is 0 Å². The van der Waals surface area contributed by atoms with Gasteiger partial charge in [-0.05, 0) is 6.42 Å². The maximum Gasteiger partial charge on any atom is 0.333 e. The van der Waals surface area contributed by atoms with E-state index in [9.17, 15) is 14.9 Å². The number of hydrogen-bond acceptors (Lipinski definition) is 5. The maximum atomic E-state index is 11.0. The molecule has 0 atom stereocenters. The summed E-state index contributed by atoms with van der Waals surface area (Å²) in [6, 6.07) is 0. The van der Waals surface area contributed by atoms with Crippen LogP contribution in [0, 0.1) is 10.1 Å². The molecule has 0 radical (unpaired) electrons. The Labute approximate surface area is 104 Å². The number of nitro groups is 1. The monoisotopic (exact) mass is 256 g/mol. The second-order valence-electron chi connectivity index (χ2n) is 3.85.